The van der Waals surface area contributed by atoms with Crippen molar-refractivity contribution in [2.75, 3.05) is 26.7 Å². The largest absolute Gasteiger partial charge is 0.343 e. The van der Waals surface area contributed by atoms with Gasteiger partial charge in [0.1, 0.15) is 0 Å². The predicted octanol–water partition coefficient (Wildman–Crippen LogP) is 1.33. The number of hydrogen-bond acceptors (Lipinski definition) is 4. The van der Waals surface area contributed by atoms with Crippen LogP contribution in [0.2, 0.25) is 0 Å². The van der Waals surface area contributed by atoms with Crippen LogP contribution in [-0.4, -0.2) is 66.4 Å². The van der Waals surface area contributed by atoms with Crippen LogP contribution in [-0.2, 0) is 9.59 Å². The highest BCUT2D eigenvalue weighted by Gasteiger charge is 2.26. The van der Waals surface area contributed by atoms with E-state index < -0.39 is 0 Å². The Labute approximate surface area is 150 Å². The first kappa shape index (κ1) is 19.7. The molecule has 1 aliphatic carbocycles. The molecule has 7 heteroatoms. The quantitative estimate of drug-likeness (QED) is 0.800. The molecule has 1 saturated carbocycles. The minimum absolute atomic E-state index is 0.0739. The van der Waals surface area contributed by atoms with Crippen LogP contribution in [0.1, 0.15) is 52.4 Å². The highest BCUT2D eigenvalue weighted by atomic mass is 16.2. The van der Waals surface area contributed by atoms with Crippen molar-refractivity contribution in [1.29, 1.82) is 0 Å². The lowest BCUT2D eigenvalue weighted by atomic mass is 9.86. The molecule has 0 bridgehead atoms. The number of piperidine rings is 1. The van der Waals surface area contributed by atoms with E-state index in [-0.39, 0.29) is 36.5 Å². The monoisotopic (exact) mass is 352 g/mol. The standard InChI is InChI=1S/C18H32N4O3/c1-13-6-4-5-7-16(13)19-18(25)20-17(24)12-22-10-8-15(9-11-22)21(3)14(2)23/h13,15-16H,4-12H2,1-3H3,(H2,19,20,24,25). The fourth-order valence-electron chi connectivity index (χ4n) is 3.83. The van der Waals surface area contributed by atoms with Gasteiger partial charge in [-0.2, -0.15) is 0 Å². The first-order valence-corrected chi connectivity index (χ1v) is 9.43. The van der Waals surface area contributed by atoms with Crippen LogP contribution in [0.4, 0.5) is 4.79 Å². The lowest BCUT2D eigenvalue weighted by molar-refractivity contribution is -0.131. The number of carbonyl (C=O) groups excluding carboxylic acids is 3. The average molecular weight is 352 g/mol. The van der Waals surface area contributed by atoms with E-state index in [4.69, 9.17) is 0 Å². The molecular formula is C18H32N4O3. The van der Waals surface area contributed by atoms with E-state index in [0.29, 0.717) is 5.92 Å². The number of nitrogens with one attached hydrogen (secondary N) is 2. The molecule has 4 amide bonds. The van der Waals surface area contributed by atoms with Gasteiger partial charge in [0.25, 0.3) is 0 Å². The molecule has 2 unspecified atom stereocenters. The molecule has 2 fully saturated rings. The molecule has 142 valence electrons. The Morgan fingerprint density at radius 1 is 1.08 bits per heavy atom. The van der Waals surface area contributed by atoms with E-state index in [9.17, 15) is 14.4 Å². The number of likely N-dealkylation sites (tertiary alicyclic amines) is 1. The highest BCUT2D eigenvalue weighted by Crippen LogP contribution is 2.23. The summed E-state index contributed by atoms with van der Waals surface area (Å²) < 4.78 is 0. The summed E-state index contributed by atoms with van der Waals surface area (Å²) in [4.78, 5) is 39.3. The van der Waals surface area contributed by atoms with Gasteiger partial charge in [-0.05, 0) is 31.6 Å². The maximum Gasteiger partial charge on any atom is 0.321 e. The molecule has 0 aromatic carbocycles. The van der Waals surface area contributed by atoms with Crippen molar-refractivity contribution < 1.29 is 14.4 Å². The number of carbonyl (C=O) groups is 3. The molecule has 0 aromatic heterocycles. The minimum Gasteiger partial charge on any atom is -0.343 e. The molecule has 2 aliphatic rings. The van der Waals surface area contributed by atoms with Crippen LogP contribution in [0.15, 0.2) is 0 Å². The van der Waals surface area contributed by atoms with Crippen molar-refractivity contribution in [2.45, 2.75) is 64.5 Å². The van der Waals surface area contributed by atoms with Gasteiger partial charge >= 0.3 is 6.03 Å². The van der Waals surface area contributed by atoms with E-state index >= 15 is 0 Å². The summed E-state index contributed by atoms with van der Waals surface area (Å²) in [5.74, 6) is 0.274. The molecule has 0 spiro atoms. The Hall–Kier alpha value is -1.63. The van der Waals surface area contributed by atoms with E-state index in [1.54, 1.807) is 11.8 Å². The van der Waals surface area contributed by atoms with Gasteiger partial charge in [0, 0.05) is 39.1 Å². The summed E-state index contributed by atoms with van der Waals surface area (Å²) in [6, 6.07) is 0.0299. The van der Waals surface area contributed by atoms with Crippen molar-refractivity contribution in [3.63, 3.8) is 0 Å². The van der Waals surface area contributed by atoms with E-state index in [0.717, 1.165) is 45.2 Å². The summed E-state index contributed by atoms with van der Waals surface area (Å²) in [5, 5.41) is 5.39. The normalized spacial score (nSPS) is 25.2. The van der Waals surface area contributed by atoms with Gasteiger partial charge in [0.2, 0.25) is 11.8 Å². The van der Waals surface area contributed by atoms with Crippen molar-refractivity contribution in [3.8, 4) is 0 Å². The second kappa shape index (κ2) is 9.17. The molecule has 2 N–H and O–H groups in total. The maximum atomic E-state index is 12.1. The lowest BCUT2D eigenvalue weighted by Gasteiger charge is -2.36. The van der Waals surface area contributed by atoms with E-state index in [1.807, 2.05) is 11.9 Å². The third-order valence-electron chi connectivity index (χ3n) is 5.65. The van der Waals surface area contributed by atoms with Crippen LogP contribution in [0.25, 0.3) is 0 Å². The van der Waals surface area contributed by atoms with Gasteiger partial charge in [0.05, 0.1) is 6.54 Å². The SMILES string of the molecule is CC(=O)N(C)C1CCN(CC(=O)NC(=O)NC2CCCCC2C)CC1. The molecule has 1 heterocycles. The second-order valence-electron chi connectivity index (χ2n) is 7.53. The fourth-order valence-corrected chi connectivity index (χ4v) is 3.83. The lowest BCUT2D eigenvalue weighted by Crippen LogP contribution is -2.51. The zero-order valence-corrected chi connectivity index (χ0v) is 15.7. The Balaban J connectivity index is 1.68. The van der Waals surface area contributed by atoms with Crippen molar-refractivity contribution in [3.05, 3.63) is 0 Å². The minimum atomic E-state index is -0.380. The molecule has 1 aliphatic heterocycles. The number of urea groups is 1. The Morgan fingerprint density at radius 3 is 2.32 bits per heavy atom. The molecule has 0 aromatic rings. The van der Waals surface area contributed by atoms with Crippen LogP contribution < -0.4 is 10.6 Å². The van der Waals surface area contributed by atoms with Crippen molar-refractivity contribution in [2.24, 2.45) is 5.92 Å². The van der Waals surface area contributed by atoms with Crippen molar-refractivity contribution in [1.82, 2.24) is 20.4 Å². The molecule has 0 radical (unpaired) electrons. The summed E-state index contributed by atoms with van der Waals surface area (Å²) in [6.07, 6.45) is 6.17. The van der Waals surface area contributed by atoms with Gasteiger partial charge in [-0.1, -0.05) is 19.8 Å². The molecule has 25 heavy (non-hydrogen) atoms. The number of nitrogens with zero attached hydrogens (tertiary/aromatic N) is 2. The second-order valence-corrected chi connectivity index (χ2v) is 7.53. The Kier molecular flexibility index (Phi) is 7.23. The summed E-state index contributed by atoms with van der Waals surface area (Å²) in [5.41, 5.74) is 0. The topological polar surface area (TPSA) is 81.8 Å². The summed E-state index contributed by atoms with van der Waals surface area (Å²) >= 11 is 0. The van der Waals surface area contributed by atoms with Gasteiger partial charge in [-0.25, -0.2) is 4.79 Å². The van der Waals surface area contributed by atoms with Gasteiger partial charge in [-0.3, -0.25) is 19.8 Å². The summed E-state index contributed by atoms with van der Waals surface area (Å²) in [7, 11) is 1.83. The Bertz CT molecular complexity index is 489. The Morgan fingerprint density at radius 2 is 1.72 bits per heavy atom. The van der Waals surface area contributed by atoms with Gasteiger partial charge in [0.15, 0.2) is 0 Å². The number of hydrogen-bond donors (Lipinski definition) is 2. The molecule has 7 nitrogen and oxygen atoms in total. The summed E-state index contributed by atoms with van der Waals surface area (Å²) in [6.45, 7) is 5.47. The molecular weight excluding hydrogens is 320 g/mol. The molecule has 2 atom stereocenters. The number of amides is 4. The van der Waals surface area contributed by atoms with Crippen LogP contribution in [0.5, 0.6) is 0 Å². The fraction of sp³-hybridized carbons (Fsp3) is 0.833. The third-order valence-corrected chi connectivity index (χ3v) is 5.65. The van der Waals surface area contributed by atoms with Crippen molar-refractivity contribution >= 4 is 17.8 Å². The number of rotatable bonds is 4. The zero-order chi connectivity index (χ0) is 18.4. The average Bonchev–Trinajstić information content (AvgIpc) is 2.56. The maximum absolute atomic E-state index is 12.1. The van der Waals surface area contributed by atoms with Gasteiger partial charge in [-0.15, -0.1) is 0 Å². The van der Waals surface area contributed by atoms with Crippen LogP contribution in [0.3, 0.4) is 0 Å². The van der Waals surface area contributed by atoms with E-state index in [2.05, 4.69) is 17.6 Å². The molecule has 2 rings (SSSR count). The van der Waals surface area contributed by atoms with Crippen LogP contribution >= 0.6 is 0 Å². The van der Waals surface area contributed by atoms with Crippen LogP contribution in [0, 0.1) is 5.92 Å². The first-order chi connectivity index (χ1) is 11.9. The molecule has 1 saturated heterocycles. The highest BCUT2D eigenvalue weighted by molar-refractivity contribution is 5.95. The third kappa shape index (κ3) is 5.99. The van der Waals surface area contributed by atoms with Gasteiger partial charge < -0.3 is 10.2 Å². The number of imide groups is 1. The predicted molar refractivity (Wildman–Crippen MR) is 96.0 cm³/mol. The van der Waals surface area contributed by atoms with E-state index in [1.165, 1.54) is 6.42 Å². The zero-order valence-electron chi connectivity index (χ0n) is 15.7. The first-order valence-electron chi connectivity index (χ1n) is 9.43. The smallest absolute Gasteiger partial charge is 0.321 e.